The molecule has 2 aromatic rings. The second kappa shape index (κ2) is 10.8. The normalized spacial score (nSPS) is 11.2. The number of primary amides is 1. The quantitative estimate of drug-likeness (QED) is 0.528. The van der Waals surface area contributed by atoms with Crippen LogP contribution >= 0.6 is 11.6 Å². The maximum Gasteiger partial charge on any atom is 0.329 e. The fraction of sp³-hybridized carbons (Fsp3) is 0.200. The summed E-state index contributed by atoms with van der Waals surface area (Å²) in [4.78, 5) is 47.6. The average molecular weight is 418 g/mol. The Morgan fingerprint density at radius 3 is 2.28 bits per heavy atom. The molecule has 9 heteroatoms. The summed E-state index contributed by atoms with van der Waals surface area (Å²) in [6.07, 6.45) is -0.468. The molecule has 0 heterocycles. The van der Waals surface area contributed by atoms with Crippen LogP contribution in [0.1, 0.15) is 22.3 Å². The molecule has 0 saturated heterocycles. The molecular weight excluding hydrogens is 398 g/mol. The summed E-state index contributed by atoms with van der Waals surface area (Å²) in [7, 11) is 0. The van der Waals surface area contributed by atoms with E-state index < -0.39 is 42.8 Å². The molecule has 0 aromatic heterocycles. The van der Waals surface area contributed by atoms with E-state index in [0.717, 1.165) is 5.56 Å². The summed E-state index contributed by atoms with van der Waals surface area (Å²) in [6.45, 7) is -0.285. The van der Waals surface area contributed by atoms with Gasteiger partial charge in [-0.2, -0.15) is 0 Å². The zero-order valence-corrected chi connectivity index (χ0v) is 16.1. The van der Waals surface area contributed by atoms with Crippen molar-refractivity contribution in [3.05, 3.63) is 70.7 Å². The fourth-order valence-corrected chi connectivity index (χ4v) is 2.45. The van der Waals surface area contributed by atoms with Crippen LogP contribution in [0.2, 0.25) is 5.02 Å². The molecule has 0 aliphatic heterocycles. The monoisotopic (exact) mass is 417 g/mol. The largest absolute Gasteiger partial charge is 0.454 e. The molecule has 0 spiro atoms. The minimum absolute atomic E-state index is 0.234. The lowest BCUT2D eigenvalue weighted by molar-refractivity contribution is -0.151. The fourth-order valence-electron chi connectivity index (χ4n) is 2.32. The van der Waals surface area contributed by atoms with Crippen LogP contribution in [0.5, 0.6) is 0 Å². The van der Waals surface area contributed by atoms with Crippen LogP contribution in [-0.4, -0.2) is 36.3 Å². The highest BCUT2D eigenvalue weighted by molar-refractivity contribution is 6.30. The van der Waals surface area contributed by atoms with Crippen molar-refractivity contribution in [1.29, 1.82) is 0 Å². The first-order valence-corrected chi connectivity index (χ1v) is 9.05. The van der Waals surface area contributed by atoms with E-state index in [-0.39, 0.29) is 12.1 Å². The third-order valence-corrected chi connectivity index (χ3v) is 4.03. The average Bonchev–Trinajstić information content (AvgIpc) is 2.70. The molecule has 0 fully saturated rings. The van der Waals surface area contributed by atoms with Crippen LogP contribution in [-0.2, 0) is 25.7 Å². The van der Waals surface area contributed by atoms with Gasteiger partial charge in [0.25, 0.3) is 11.8 Å². The van der Waals surface area contributed by atoms with E-state index in [9.17, 15) is 19.2 Å². The molecule has 0 bridgehead atoms. The number of carbonyl (C=O) groups is 4. The molecule has 152 valence electrons. The molecule has 8 nitrogen and oxygen atoms in total. The first-order chi connectivity index (χ1) is 13.8. The zero-order valence-electron chi connectivity index (χ0n) is 15.4. The van der Waals surface area contributed by atoms with Crippen molar-refractivity contribution in [2.75, 3.05) is 6.61 Å². The van der Waals surface area contributed by atoms with Gasteiger partial charge in [-0.1, -0.05) is 41.9 Å². The van der Waals surface area contributed by atoms with E-state index in [1.54, 1.807) is 0 Å². The van der Waals surface area contributed by atoms with Gasteiger partial charge < -0.3 is 21.1 Å². The number of amides is 3. The number of ether oxygens (including phenoxy) is 1. The highest BCUT2D eigenvalue weighted by Gasteiger charge is 2.25. The Morgan fingerprint density at radius 2 is 1.66 bits per heavy atom. The van der Waals surface area contributed by atoms with E-state index in [0.29, 0.717) is 5.02 Å². The standard InChI is InChI=1S/C20H20ClN3O5/c21-15-8-6-14(7-9-15)19(27)24-16(10-17(22)25)20(28)29-12-18(26)23-11-13-4-2-1-3-5-13/h1-9,16H,10-12H2,(H2,22,25)(H,23,26)(H,24,27)/t16-/m0/s1. The topological polar surface area (TPSA) is 128 Å². The Balaban J connectivity index is 1.88. The summed E-state index contributed by atoms with van der Waals surface area (Å²) < 4.78 is 4.92. The van der Waals surface area contributed by atoms with E-state index in [4.69, 9.17) is 22.1 Å². The molecule has 0 unspecified atom stereocenters. The summed E-state index contributed by atoms with van der Waals surface area (Å²) in [5.41, 5.74) is 6.26. The van der Waals surface area contributed by atoms with Crippen molar-refractivity contribution in [2.45, 2.75) is 19.0 Å². The van der Waals surface area contributed by atoms with Crippen LogP contribution in [0.3, 0.4) is 0 Å². The van der Waals surface area contributed by atoms with Gasteiger partial charge in [-0.15, -0.1) is 0 Å². The predicted molar refractivity (Wildman–Crippen MR) is 106 cm³/mol. The summed E-state index contributed by atoms with van der Waals surface area (Å²) in [6, 6.07) is 13.8. The van der Waals surface area contributed by atoms with Gasteiger partial charge >= 0.3 is 5.97 Å². The molecule has 0 radical (unpaired) electrons. The van der Waals surface area contributed by atoms with Gasteiger partial charge in [-0.05, 0) is 29.8 Å². The van der Waals surface area contributed by atoms with Gasteiger partial charge in [-0.3, -0.25) is 14.4 Å². The number of esters is 1. The number of benzene rings is 2. The minimum atomic E-state index is -1.32. The van der Waals surface area contributed by atoms with Crippen molar-refractivity contribution < 1.29 is 23.9 Å². The van der Waals surface area contributed by atoms with E-state index in [1.807, 2.05) is 30.3 Å². The summed E-state index contributed by atoms with van der Waals surface area (Å²) in [5, 5.41) is 5.42. The maximum atomic E-state index is 12.3. The molecule has 3 amide bonds. The third kappa shape index (κ3) is 7.63. The summed E-state index contributed by atoms with van der Waals surface area (Å²) >= 11 is 5.77. The smallest absolute Gasteiger partial charge is 0.329 e. The van der Waals surface area contributed by atoms with Crippen LogP contribution in [0.15, 0.2) is 54.6 Å². The van der Waals surface area contributed by atoms with E-state index >= 15 is 0 Å². The van der Waals surface area contributed by atoms with Crippen LogP contribution in [0.4, 0.5) is 0 Å². The Bertz CT molecular complexity index is 871. The lowest BCUT2D eigenvalue weighted by Gasteiger charge is -2.16. The molecule has 29 heavy (non-hydrogen) atoms. The van der Waals surface area contributed by atoms with Crippen LogP contribution in [0, 0.1) is 0 Å². The molecular formula is C20H20ClN3O5. The molecule has 0 saturated carbocycles. The van der Waals surface area contributed by atoms with Gasteiger partial charge in [0.15, 0.2) is 6.61 Å². The Hall–Kier alpha value is -3.39. The molecule has 2 aromatic carbocycles. The predicted octanol–water partition coefficient (Wildman–Crippen LogP) is 1.17. The number of hydrogen-bond donors (Lipinski definition) is 3. The molecule has 0 aliphatic rings. The lowest BCUT2D eigenvalue weighted by Crippen LogP contribution is -2.45. The van der Waals surface area contributed by atoms with Crippen molar-refractivity contribution in [3.63, 3.8) is 0 Å². The zero-order chi connectivity index (χ0) is 21.2. The second-order valence-electron chi connectivity index (χ2n) is 6.07. The molecule has 4 N–H and O–H groups in total. The van der Waals surface area contributed by atoms with Gasteiger partial charge in [0.1, 0.15) is 6.04 Å². The highest BCUT2D eigenvalue weighted by atomic mass is 35.5. The van der Waals surface area contributed by atoms with Gasteiger partial charge in [-0.25, -0.2) is 4.79 Å². The second-order valence-corrected chi connectivity index (χ2v) is 6.51. The number of nitrogens with two attached hydrogens (primary N) is 1. The van der Waals surface area contributed by atoms with Crippen molar-refractivity contribution in [3.8, 4) is 0 Å². The molecule has 1 atom stereocenters. The SMILES string of the molecule is NC(=O)C[C@H](NC(=O)c1ccc(Cl)cc1)C(=O)OCC(=O)NCc1ccccc1. The number of hydrogen-bond acceptors (Lipinski definition) is 5. The minimum Gasteiger partial charge on any atom is -0.454 e. The lowest BCUT2D eigenvalue weighted by atomic mass is 10.1. The van der Waals surface area contributed by atoms with Crippen molar-refractivity contribution in [1.82, 2.24) is 10.6 Å². The third-order valence-electron chi connectivity index (χ3n) is 3.78. The van der Waals surface area contributed by atoms with Crippen LogP contribution < -0.4 is 16.4 Å². The van der Waals surface area contributed by atoms with Gasteiger partial charge in [0.05, 0.1) is 6.42 Å². The van der Waals surface area contributed by atoms with E-state index in [2.05, 4.69) is 10.6 Å². The Morgan fingerprint density at radius 1 is 1.00 bits per heavy atom. The van der Waals surface area contributed by atoms with Gasteiger partial charge in [0, 0.05) is 17.1 Å². The maximum absolute atomic E-state index is 12.3. The summed E-state index contributed by atoms with van der Waals surface area (Å²) in [5.74, 6) is -2.89. The molecule has 2 rings (SSSR count). The number of nitrogens with one attached hydrogen (secondary N) is 2. The number of halogens is 1. The number of carbonyl (C=O) groups excluding carboxylic acids is 4. The van der Waals surface area contributed by atoms with Crippen molar-refractivity contribution >= 4 is 35.3 Å². The Kier molecular flexibility index (Phi) is 8.17. The Labute approximate surface area is 172 Å². The highest BCUT2D eigenvalue weighted by Crippen LogP contribution is 2.10. The van der Waals surface area contributed by atoms with Gasteiger partial charge in [0.2, 0.25) is 5.91 Å². The first kappa shape index (κ1) is 21.9. The molecule has 0 aliphatic carbocycles. The van der Waals surface area contributed by atoms with Crippen molar-refractivity contribution in [2.24, 2.45) is 5.73 Å². The number of rotatable bonds is 9. The van der Waals surface area contributed by atoms with Crippen LogP contribution in [0.25, 0.3) is 0 Å². The first-order valence-electron chi connectivity index (χ1n) is 8.67. The van der Waals surface area contributed by atoms with E-state index in [1.165, 1.54) is 24.3 Å².